The van der Waals surface area contributed by atoms with Gasteiger partial charge in [-0.3, -0.25) is 9.78 Å². The van der Waals surface area contributed by atoms with E-state index in [0.29, 0.717) is 17.2 Å². The Hall–Kier alpha value is -2.58. The van der Waals surface area contributed by atoms with Crippen LogP contribution in [0.5, 0.6) is 0 Å². The number of anilines is 1. The van der Waals surface area contributed by atoms with E-state index in [0.717, 1.165) is 10.4 Å². The maximum Gasteiger partial charge on any atom is 0.271 e. The fraction of sp³-hybridized carbons (Fsp3) is 0.294. The number of rotatable bonds is 6. The molecule has 0 aliphatic carbocycles. The van der Waals surface area contributed by atoms with E-state index in [2.05, 4.69) is 25.6 Å². The summed E-state index contributed by atoms with van der Waals surface area (Å²) in [6.07, 6.45) is 1.11. The second kappa shape index (κ2) is 7.54. The summed E-state index contributed by atoms with van der Waals surface area (Å²) >= 11 is 1.41. The van der Waals surface area contributed by atoms with Crippen molar-refractivity contribution in [1.82, 2.24) is 20.3 Å². The van der Waals surface area contributed by atoms with Crippen molar-refractivity contribution in [2.24, 2.45) is 0 Å². The van der Waals surface area contributed by atoms with Gasteiger partial charge in [0.15, 0.2) is 5.69 Å². The van der Waals surface area contributed by atoms with Crippen LogP contribution in [0.1, 0.15) is 36.1 Å². The number of fused-ring (bicyclic) bond motifs is 1. The van der Waals surface area contributed by atoms with Gasteiger partial charge in [-0.1, -0.05) is 6.07 Å². The quantitative estimate of drug-likeness (QED) is 0.626. The Morgan fingerprint density at radius 3 is 2.84 bits per heavy atom. The lowest BCUT2D eigenvalue weighted by atomic mass is 10.2. The zero-order valence-electron chi connectivity index (χ0n) is 13.9. The third-order valence-electron chi connectivity index (χ3n) is 3.55. The van der Waals surface area contributed by atoms with Crippen LogP contribution in [0.25, 0.3) is 10.2 Å². The van der Waals surface area contributed by atoms with E-state index in [1.54, 1.807) is 13.1 Å². The maximum absolute atomic E-state index is 12.4. The summed E-state index contributed by atoms with van der Waals surface area (Å²) in [5.74, 6) is 0.0375. The highest BCUT2D eigenvalue weighted by molar-refractivity contribution is 7.17. The summed E-state index contributed by atoms with van der Waals surface area (Å²) < 4.78 is 0.721. The molecule has 0 radical (unpaired) electrons. The smallest absolute Gasteiger partial charge is 0.271 e. The third-order valence-corrected chi connectivity index (χ3v) is 4.46. The number of amides is 1. The van der Waals surface area contributed by atoms with E-state index in [4.69, 9.17) is 0 Å². The predicted octanol–water partition coefficient (Wildman–Crippen LogP) is 2.37. The highest BCUT2D eigenvalue weighted by atomic mass is 32.1. The van der Waals surface area contributed by atoms with Crippen molar-refractivity contribution in [2.75, 3.05) is 11.9 Å². The largest absolute Gasteiger partial charge is 0.392 e. The van der Waals surface area contributed by atoms with E-state index in [1.165, 1.54) is 11.3 Å². The van der Waals surface area contributed by atoms with Gasteiger partial charge in [-0.15, -0.1) is 11.3 Å². The standard InChI is InChI=1S/C17H19N5O2S/c1-10(23)9-19-16(24)14-15-13(6-8-25-15)21-17(22-14)20-11(2)12-5-3-4-7-18-12/h3-8,10-11,23H,9H2,1-2H3,(H,19,24)(H,20,21,22)/t10-,11?/m1/s1. The van der Waals surface area contributed by atoms with E-state index in [9.17, 15) is 9.90 Å². The SMILES string of the molecule is CC(Nc1nc(C(=O)NC[C@@H](C)O)c2sccc2n1)c1ccccn1. The highest BCUT2D eigenvalue weighted by Crippen LogP contribution is 2.25. The zero-order chi connectivity index (χ0) is 17.8. The molecule has 8 heteroatoms. The monoisotopic (exact) mass is 357 g/mol. The third kappa shape index (κ3) is 4.09. The average Bonchev–Trinajstić information content (AvgIpc) is 3.08. The summed E-state index contributed by atoms with van der Waals surface area (Å²) in [4.78, 5) is 25.6. The van der Waals surface area contributed by atoms with Gasteiger partial charge in [-0.05, 0) is 37.4 Å². The molecule has 0 aliphatic rings. The number of aliphatic hydroxyl groups excluding tert-OH is 1. The first-order chi connectivity index (χ1) is 12.0. The Bertz CT molecular complexity index is 866. The van der Waals surface area contributed by atoms with Crippen LogP contribution in [0.4, 0.5) is 5.95 Å². The van der Waals surface area contributed by atoms with Crippen molar-refractivity contribution in [3.63, 3.8) is 0 Å². The lowest BCUT2D eigenvalue weighted by molar-refractivity contribution is 0.0921. The molecule has 7 nitrogen and oxygen atoms in total. The van der Waals surface area contributed by atoms with Gasteiger partial charge in [0, 0.05) is 12.7 Å². The van der Waals surface area contributed by atoms with Crippen LogP contribution in [0.3, 0.4) is 0 Å². The van der Waals surface area contributed by atoms with Crippen molar-refractivity contribution in [1.29, 1.82) is 0 Å². The summed E-state index contributed by atoms with van der Waals surface area (Å²) in [5, 5.41) is 17.1. The minimum atomic E-state index is -0.619. The van der Waals surface area contributed by atoms with E-state index < -0.39 is 6.10 Å². The predicted molar refractivity (Wildman–Crippen MR) is 97.7 cm³/mol. The van der Waals surface area contributed by atoms with Crippen LogP contribution >= 0.6 is 11.3 Å². The molecule has 3 heterocycles. The fourth-order valence-corrected chi connectivity index (χ4v) is 3.12. The number of carbonyl (C=O) groups excluding carboxylic acids is 1. The normalized spacial score (nSPS) is 13.4. The molecule has 3 aromatic rings. The molecule has 3 N–H and O–H groups in total. The minimum absolute atomic E-state index is 0.106. The van der Waals surface area contributed by atoms with Crippen LogP contribution in [0.15, 0.2) is 35.8 Å². The van der Waals surface area contributed by atoms with Crippen molar-refractivity contribution in [2.45, 2.75) is 26.0 Å². The lowest BCUT2D eigenvalue weighted by Gasteiger charge is -2.14. The molecule has 130 valence electrons. The minimum Gasteiger partial charge on any atom is -0.392 e. The lowest BCUT2D eigenvalue weighted by Crippen LogP contribution is -2.31. The molecule has 0 aromatic carbocycles. The molecule has 2 atom stereocenters. The van der Waals surface area contributed by atoms with Crippen molar-refractivity contribution in [3.8, 4) is 0 Å². The van der Waals surface area contributed by atoms with Crippen LogP contribution < -0.4 is 10.6 Å². The Balaban J connectivity index is 1.88. The first-order valence-electron chi connectivity index (χ1n) is 7.93. The number of aromatic nitrogens is 3. The fourth-order valence-electron chi connectivity index (χ4n) is 2.31. The number of aliphatic hydroxyl groups is 1. The van der Waals surface area contributed by atoms with Gasteiger partial charge in [0.05, 0.1) is 28.1 Å². The summed E-state index contributed by atoms with van der Waals surface area (Å²) in [5.41, 5.74) is 1.87. The topological polar surface area (TPSA) is 100 Å². The van der Waals surface area contributed by atoms with Gasteiger partial charge in [0.2, 0.25) is 5.95 Å². The number of pyridine rings is 1. The molecule has 3 aromatic heterocycles. The number of hydrogen-bond acceptors (Lipinski definition) is 7. The van der Waals surface area contributed by atoms with Gasteiger partial charge in [-0.2, -0.15) is 0 Å². The van der Waals surface area contributed by atoms with E-state index >= 15 is 0 Å². The number of hydrogen-bond donors (Lipinski definition) is 3. The van der Waals surface area contributed by atoms with Gasteiger partial charge < -0.3 is 15.7 Å². The number of nitrogens with zero attached hydrogens (tertiary/aromatic N) is 3. The molecule has 1 unspecified atom stereocenters. The maximum atomic E-state index is 12.4. The average molecular weight is 357 g/mol. The van der Waals surface area contributed by atoms with Crippen LogP contribution in [-0.4, -0.2) is 38.6 Å². The molecule has 0 spiro atoms. The molecule has 0 saturated heterocycles. The molecule has 1 amide bonds. The van der Waals surface area contributed by atoms with Crippen molar-refractivity contribution < 1.29 is 9.90 Å². The molecule has 0 aliphatic heterocycles. The van der Waals surface area contributed by atoms with Crippen molar-refractivity contribution >= 4 is 33.4 Å². The molecule has 25 heavy (non-hydrogen) atoms. The summed E-state index contributed by atoms with van der Waals surface area (Å²) in [6, 6.07) is 7.43. The Morgan fingerprint density at radius 1 is 1.28 bits per heavy atom. The molecular weight excluding hydrogens is 338 g/mol. The van der Waals surface area contributed by atoms with Crippen LogP contribution in [-0.2, 0) is 0 Å². The first kappa shape index (κ1) is 17.2. The summed E-state index contributed by atoms with van der Waals surface area (Å²) in [7, 11) is 0. The van der Waals surface area contributed by atoms with E-state index in [-0.39, 0.29) is 18.5 Å². The Morgan fingerprint density at radius 2 is 2.12 bits per heavy atom. The number of thiophene rings is 1. The summed E-state index contributed by atoms with van der Waals surface area (Å²) in [6.45, 7) is 3.74. The van der Waals surface area contributed by atoms with Gasteiger partial charge in [0.25, 0.3) is 5.91 Å². The molecule has 3 rings (SSSR count). The number of nitrogens with one attached hydrogen (secondary N) is 2. The van der Waals surface area contributed by atoms with E-state index in [1.807, 2.05) is 36.6 Å². The van der Waals surface area contributed by atoms with Crippen LogP contribution in [0.2, 0.25) is 0 Å². The van der Waals surface area contributed by atoms with Gasteiger partial charge >= 0.3 is 0 Å². The van der Waals surface area contributed by atoms with Crippen LogP contribution in [0, 0.1) is 0 Å². The van der Waals surface area contributed by atoms with Gasteiger partial charge in [0.1, 0.15) is 0 Å². The number of carbonyl (C=O) groups is 1. The molecule has 0 fully saturated rings. The Kier molecular flexibility index (Phi) is 5.20. The first-order valence-corrected chi connectivity index (χ1v) is 8.81. The molecule has 0 bridgehead atoms. The highest BCUT2D eigenvalue weighted by Gasteiger charge is 2.17. The second-order valence-corrected chi connectivity index (χ2v) is 6.63. The second-order valence-electron chi connectivity index (χ2n) is 5.71. The van der Waals surface area contributed by atoms with Crippen molar-refractivity contribution in [3.05, 3.63) is 47.2 Å². The van der Waals surface area contributed by atoms with Gasteiger partial charge in [-0.25, -0.2) is 9.97 Å². The molecular formula is C17H19N5O2S. The molecule has 0 saturated carbocycles. The zero-order valence-corrected chi connectivity index (χ0v) is 14.7. The Labute approximate surface area is 149 Å².